The van der Waals surface area contributed by atoms with Crippen LogP contribution in [0, 0.1) is 5.92 Å². The van der Waals surface area contributed by atoms with Crippen molar-refractivity contribution < 1.29 is 19.1 Å². The largest absolute Gasteiger partial charge is 0.450 e. The van der Waals surface area contributed by atoms with Gasteiger partial charge in [-0.25, -0.2) is 4.79 Å². The number of rotatable bonds is 5. The third kappa shape index (κ3) is 2.97. The van der Waals surface area contributed by atoms with Crippen molar-refractivity contribution in [3.8, 4) is 0 Å². The van der Waals surface area contributed by atoms with Gasteiger partial charge in [0.1, 0.15) is 5.03 Å². The number of cyclic esters (lactones) is 1. The van der Waals surface area contributed by atoms with E-state index in [0.717, 1.165) is 0 Å². The second-order valence-electron chi connectivity index (χ2n) is 4.33. The first kappa shape index (κ1) is 14.9. The number of hydrogen-bond donors (Lipinski definition) is 3. The van der Waals surface area contributed by atoms with E-state index in [-0.39, 0.29) is 10.7 Å². The number of esters is 1. The average Bonchev–Trinajstić information content (AvgIpc) is 2.67. The van der Waals surface area contributed by atoms with Crippen LogP contribution in [0.2, 0.25) is 0 Å². The SMILES string of the molecule is NC(=O)C(C(N)=O)C1OC(=O)C(Cl)=C1Nc1ccccc1. The number of carbonyl (C=O) groups is 3. The normalized spacial score (nSPS) is 17.8. The van der Waals surface area contributed by atoms with E-state index in [4.69, 9.17) is 27.8 Å². The molecule has 0 spiro atoms. The van der Waals surface area contributed by atoms with Gasteiger partial charge in [-0.3, -0.25) is 9.59 Å². The van der Waals surface area contributed by atoms with Crippen molar-refractivity contribution in [3.05, 3.63) is 41.1 Å². The lowest BCUT2D eigenvalue weighted by molar-refractivity contribution is -0.146. The third-order valence-corrected chi connectivity index (χ3v) is 3.26. The van der Waals surface area contributed by atoms with Crippen LogP contribution in [0.1, 0.15) is 0 Å². The zero-order valence-electron chi connectivity index (χ0n) is 10.7. The summed E-state index contributed by atoms with van der Waals surface area (Å²) in [4.78, 5) is 34.3. The van der Waals surface area contributed by atoms with Gasteiger partial charge in [0.05, 0.1) is 5.70 Å². The Morgan fingerprint density at radius 3 is 2.29 bits per heavy atom. The fourth-order valence-corrected chi connectivity index (χ4v) is 2.14. The highest BCUT2D eigenvalue weighted by atomic mass is 35.5. The number of amides is 2. The highest BCUT2D eigenvalue weighted by Crippen LogP contribution is 2.31. The molecule has 1 aromatic rings. The van der Waals surface area contributed by atoms with E-state index in [2.05, 4.69) is 5.32 Å². The Labute approximate surface area is 124 Å². The predicted molar refractivity (Wildman–Crippen MR) is 74.7 cm³/mol. The van der Waals surface area contributed by atoms with Crippen LogP contribution in [-0.4, -0.2) is 23.9 Å². The third-order valence-electron chi connectivity index (χ3n) is 2.90. The zero-order chi connectivity index (χ0) is 15.6. The molecule has 1 atom stereocenters. The number of ether oxygens (including phenoxy) is 1. The van der Waals surface area contributed by atoms with E-state index >= 15 is 0 Å². The highest BCUT2D eigenvalue weighted by molar-refractivity contribution is 6.42. The molecule has 0 aliphatic carbocycles. The van der Waals surface area contributed by atoms with Crippen LogP contribution in [0.3, 0.4) is 0 Å². The number of nitrogens with one attached hydrogen (secondary N) is 1. The predicted octanol–water partition coefficient (Wildman–Crippen LogP) is 0.0611. The summed E-state index contributed by atoms with van der Waals surface area (Å²) in [5.74, 6) is -4.36. The van der Waals surface area contributed by atoms with E-state index in [1.54, 1.807) is 30.3 Å². The Bertz CT molecular complexity index is 616. The van der Waals surface area contributed by atoms with Crippen LogP contribution in [0.15, 0.2) is 41.1 Å². The molecule has 21 heavy (non-hydrogen) atoms. The maximum atomic E-state index is 11.6. The fraction of sp³-hybridized carbons (Fsp3) is 0.154. The van der Waals surface area contributed by atoms with Crippen LogP contribution < -0.4 is 16.8 Å². The summed E-state index contributed by atoms with van der Waals surface area (Å²) >= 11 is 5.87. The Hall–Kier alpha value is -2.54. The van der Waals surface area contributed by atoms with Crippen molar-refractivity contribution >= 4 is 35.1 Å². The number of anilines is 1. The summed E-state index contributed by atoms with van der Waals surface area (Å²) in [5.41, 5.74) is 11.0. The maximum absolute atomic E-state index is 11.6. The molecule has 8 heteroatoms. The van der Waals surface area contributed by atoms with Crippen molar-refractivity contribution in [2.24, 2.45) is 17.4 Å². The molecular weight excluding hydrogens is 298 g/mol. The minimum atomic E-state index is -1.50. The van der Waals surface area contributed by atoms with Crippen LogP contribution >= 0.6 is 11.6 Å². The van der Waals surface area contributed by atoms with E-state index in [1.165, 1.54) is 0 Å². The molecule has 0 saturated heterocycles. The standard InChI is InChI=1S/C13H12ClN3O4/c14-8-9(17-6-4-2-1-3-5-6)10(21-13(8)20)7(11(15)18)12(16)19/h1-5,7,10,17H,(H2,15,18)(H2,16,19). The number of nitrogens with two attached hydrogens (primary N) is 2. The molecule has 1 aliphatic heterocycles. The van der Waals surface area contributed by atoms with Crippen molar-refractivity contribution in [2.75, 3.05) is 5.32 Å². The Kier molecular flexibility index (Phi) is 4.13. The molecule has 0 radical (unpaired) electrons. The molecule has 1 aromatic carbocycles. The van der Waals surface area contributed by atoms with Crippen LogP contribution in [0.4, 0.5) is 5.69 Å². The smallest absolute Gasteiger partial charge is 0.352 e. The molecule has 0 fully saturated rings. The summed E-state index contributed by atoms with van der Waals surface area (Å²) in [7, 11) is 0. The number of para-hydroxylation sites is 1. The molecule has 1 aliphatic rings. The number of carbonyl (C=O) groups excluding carboxylic acids is 3. The molecular formula is C13H12ClN3O4. The first-order chi connectivity index (χ1) is 9.91. The van der Waals surface area contributed by atoms with Gasteiger partial charge in [-0.05, 0) is 12.1 Å². The van der Waals surface area contributed by atoms with Crippen molar-refractivity contribution in [1.29, 1.82) is 0 Å². The van der Waals surface area contributed by atoms with Gasteiger partial charge < -0.3 is 21.5 Å². The van der Waals surface area contributed by atoms with Gasteiger partial charge >= 0.3 is 5.97 Å². The lowest BCUT2D eigenvalue weighted by Gasteiger charge is -2.20. The maximum Gasteiger partial charge on any atom is 0.352 e. The number of primary amides is 2. The summed E-state index contributed by atoms with van der Waals surface area (Å²) in [6, 6.07) is 8.72. The Morgan fingerprint density at radius 2 is 1.76 bits per heavy atom. The topological polar surface area (TPSA) is 125 Å². The molecule has 0 saturated carbocycles. The van der Waals surface area contributed by atoms with Crippen LogP contribution in [0.5, 0.6) is 0 Å². The van der Waals surface area contributed by atoms with Crippen LogP contribution in [-0.2, 0) is 19.1 Å². The molecule has 5 N–H and O–H groups in total. The summed E-state index contributed by atoms with van der Waals surface area (Å²) in [6.45, 7) is 0. The monoisotopic (exact) mass is 309 g/mol. The number of hydrogen-bond acceptors (Lipinski definition) is 5. The van der Waals surface area contributed by atoms with Gasteiger partial charge in [-0.2, -0.15) is 0 Å². The average molecular weight is 310 g/mol. The Morgan fingerprint density at radius 1 is 1.19 bits per heavy atom. The molecule has 2 rings (SSSR count). The molecule has 110 valence electrons. The van der Waals surface area contributed by atoms with Gasteiger partial charge in [0.15, 0.2) is 12.0 Å². The van der Waals surface area contributed by atoms with Crippen molar-refractivity contribution in [2.45, 2.75) is 6.10 Å². The number of halogens is 1. The summed E-state index contributed by atoms with van der Waals surface area (Å²) < 4.78 is 4.93. The molecule has 2 amide bonds. The van der Waals surface area contributed by atoms with Gasteiger partial charge in [0, 0.05) is 5.69 Å². The molecule has 0 aromatic heterocycles. The highest BCUT2D eigenvalue weighted by Gasteiger charge is 2.44. The van der Waals surface area contributed by atoms with Gasteiger partial charge in [0.25, 0.3) is 0 Å². The fourth-order valence-electron chi connectivity index (χ4n) is 1.94. The molecule has 1 unspecified atom stereocenters. The molecule has 1 heterocycles. The minimum Gasteiger partial charge on any atom is -0.450 e. The van der Waals surface area contributed by atoms with Gasteiger partial charge in [0.2, 0.25) is 11.8 Å². The van der Waals surface area contributed by atoms with E-state index in [1.807, 2.05) is 0 Å². The van der Waals surface area contributed by atoms with Crippen molar-refractivity contribution in [3.63, 3.8) is 0 Å². The van der Waals surface area contributed by atoms with Crippen LogP contribution in [0.25, 0.3) is 0 Å². The lowest BCUT2D eigenvalue weighted by Crippen LogP contribution is -2.45. The number of benzene rings is 1. The van der Waals surface area contributed by atoms with Gasteiger partial charge in [-0.15, -0.1) is 0 Å². The quantitative estimate of drug-likeness (QED) is 0.524. The van der Waals surface area contributed by atoms with E-state index in [0.29, 0.717) is 5.69 Å². The minimum absolute atomic E-state index is 0.0791. The summed E-state index contributed by atoms with van der Waals surface area (Å²) in [5, 5.41) is 2.59. The summed E-state index contributed by atoms with van der Waals surface area (Å²) in [6.07, 6.45) is -1.26. The molecule has 0 bridgehead atoms. The lowest BCUT2D eigenvalue weighted by atomic mass is 9.98. The second-order valence-corrected chi connectivity index (χ2v) is 4.70. The molecule has 7 nitrogen and oxygen atoms in total. The first-order valence-electron chi connectivity index (χ1n) is 5.93. The first-order valence-corrected chi connectivity index (χ1v) is 6.31. The zero-order valence-corrected chi connectivity index (χ0v) is 11.5. The second kappa shape index (κ2) is 5.84. The van der Waals surface area contributed by atoms with E-state index < -0.39 is 29.8 Å². The van der Waals surface area contributed by atoms with Gasteiger partial charge in [-0.1, -0.05) is 29.8 Å². The van der Waals surface area contributed by atoms with Crippen molar-refractivity contribution in [1.82, 2.24) is 0 Å². The Balaban J connectivity index is 2.36. The van der Waals surface area contributed by atoms with E-state index in [9.17, 15) is 14.4 Å².